The minimum atomic E-state index is -0.781. The van der Waals surface area contributed by atoms with Crippen LogP contribution in [0.4, 0.5) is 0 Å². The summed E-state index contributed by atoms with van der Waals surface area (Å²) < 4.78 is 0. The van der Waals surface area contributed by atoms with E-state index >= 15 is 0 Å². The van der Waals surface area contributed by atoms with Crippen LogP contribution in [0.25, 0.3) is 0 Å². The van der Waals surface area contributed by atoms with E-state index in [0.29, 0.717) is 12.3 Å². The Morgan fingerprint density at radius 2 is 1.76 bits per heavy atom. The molecule has 1 aromatic carbocycles. The van der Waals surface area contributed by atoms with E-state index in [1.165, 1.54) is 24.2 Å². The lowest BCUT2D eigenvalue weighted by molar-refractivity contribution is -0.850. The first-order chi connectivity index (χ1) is 10.1. The molecule has 0 radical (unpaired) electrons. The summed E-state index contributed by atoms with van der Waals surface area (Å²) in [6, 6.07) is 10.1. The van der Waals surface area contributed by atoms with Crippen LogP contribution in [0.5, 0.6) is 0 Å². The van der Waals surface area contributed by atoms with Crippen molar-refractivity contribution < 1.29 is 10.0 Å². The minimum Gasteiger partial charge on any atom is -0.384 e. The highest BCUT2D eigenvalue weighted by Gasteiger charge is 2.38. The lowest BCUT2D eigenvalue weighted by Crippen LogP contribution is -3.05. The SMILES string of the molecule is C[NH+](C)CC#CC[C@@](O)(c1ccccc1)C1CCCCC1. The zero-order valence-corrected chi connectivity index (χ0v) is 13.4. The Morgan fingerprint density at radius 3 is 2.38 bits per heavy atom. The maximum absolute atomic E-state index is 11.4. The van der Waals surface area contributed by atoms with Crippen LogP contribution in [0.2, 0.25) is 0 Å². The number of aliphatic hydroxyl groups is 1. The summed E-state index contributed by atoms with van der Waals surface area (Å²) in [5.74, 6) is 6.78. The van der Waals surface area contributed by atoms with Crippen molar-refractivity contribution in [3.05, 3.63) is 35.9 Å². The third-order valence-electron chi connectivity index (χ3n) is 4.48. The molecule has 0 spiro atoms. The summed E-state index contributed by atoms with van der Waals surface area (Å²) in [7, 11) is 4.19. The monoisotopic (exact) mass is 286 g/mol. The molecule has 21 heavy (non-hydrogen) atoms. The number of hydrogen-bond donors (Lipinski definition) is 2. The van der Waals surface area contributed by atoms with Gasteiger partial charge >= 0.3 is 0 Å². The summed E-state index contributed by atoms with van der Waals surface area (Å²) in [5.41, 5.74) is 0.250. The van der Waals surface area contributed by atoms with Crippen molar-refractivity contribution in [2.24, 2.45) is 5.92 Å². The molecule has 1 fully saturated rings. The van der Waals surface area contributed by atoms with Gasteiger partial charge in [-0.15, -0.1) is 0 Å². The molecule has 1 aromatic rings. The molecule has 0 amide bonds. The van der Waals surface area contributed by atoms with Crippen LogP contribution in [0.15, 0.2) is 30.3 Å². The lowest BCUT2D eigenvalue weighted by Gasteiger charge is -2.38. The quantitative estimate of drug-likeness (QED) is 0.813. The van der Waals surface area contributed by atoms with Gasteiger partial charge < -0.3 is 10.0 Å². The zero-order chi connectivity index (χ0) is 15.1. The van der Waals surface area contributed by atoms with Gasteiger partial charge in [-0.05, 0) is 30.2 Å². The highest BCUT2D eigenvalue weighted by atomic mass is 16.3. The van der Waals surface area contributed by atoms with Crippen molar-refractivity contribution in [1.82, 2.24) is 0 Å². The first-order valence-electron chi connectivity index (χ1n) is 8.15. The van der Waals surface area contributed by atoms with Crippen LogP contribution >= 0.6 is 0 Å². The summed E-state index contributed by atoms with van der Waals surface area (Å²) in [5, 5.41) is 11.4. The summed E-state index contributed by atoms with van der Waals surface area (Å²) in [6.07, 6.45) is 6.55. The van der Waals surface area contributed by atoms with Gasteiger partial charge in [-0.1, -0.05) is 55.5 Å². The van der Waals surface area contributed by atoms with E-state index < -0.39 is 5.60 Å². The topological polar surface area (TPSA) is 24.7 Å². The fourth-order valence-electron chi connectivity index (χ4n) is 3.23. The first-order valence-corrected chi connectivity index (χ1v) is 8.15. The van der Waals surface area contributed by atoms with Crippen molar-refractivity contribution in [1.29, 1.82) is 0 Å². The molecule has 2 heteroatoms. The Bertz CT molecular complexity index is 479. The normalized spacial score (nSPS) is 18.9. The molecule has 1 atom stereocenters. The van der Waals surface area contributed by atoms with Crippen LogP contribution in [-0.4, -0.2) is 25.7 Å². The van der Waals surface area contributed by atoms with E-state index in [0.717, 1.165) is 24.9 Å². The second-order valence-corrected chi connectivity index (χ2v) is 6.54. The van der Waals surface area contributed by atoms with Gasteiger partial charge in [0.15, 0.2) is 0 Å². The van der Waals surface area contributed by atoms with E-state index in [1.807, 2.05) is 30.3 Å². The van der Waals surface area contributed by atoms with Gasteiger partial charge in [0.1, 0.15) is 12.1 Å². The zero-order valence-electron chi connectivity index (χ0n) is 13.4. The predicted octanol–water partition coefficient (Wildman–Crippen LogP) is 1.99. The molecule has 2 N–H and O–H groups in total. The molecule has 0 unspecified atom stereocenters. The van der Waals surface area contributed by atoms with E-state index in [9.17, 15) is 5.11 Å². The number of quaternary nitrogens is 1. The highest BCUT2D eigenvalue weighted by Crippen LogP contribution is 2.41. The van der Waals surface area contributed by atoms with E-state index in [1.54, 1.807) is 0 Å². The average molecular weight is 286 g/mol. The highest BCUT2D eigenvalue weighted by molar-refractivity contribution is 5.26. The molecule has 1 aliphatic rings. The fraction of sp³-hybridized carbons (Fsp3) is 0.579. The molecule has 1 saturated carbocycles. The third-order valence-corrected chi connectivity index (χ3v) is 4.48. The smallest absolute Gasteiger partial charge is 0.138 e. The van der Waals surface area contributed by atoms with Crippen molar-refractivity contribution in [2.45, 2.75) is 44.1 Å². The molecule has 2 nitrogen and oxygen atoms in total. The first kappa shape index (κ1) is 16.1. The van der Waals surface area contributed by atoms with Crippen molar-refractivity contribution in [3.8, 4) is 11.8 Å². The van der Waals surface area contributed by atoms with Crippen molar-refractivity contribution in [3.63, 3.8) is 0 Å². The van der Waals surface area contributed by atoms with Crippen LogP contribution < -0.4 is 4.90 Å². The number of rotatable bonds is 4. The Balaban J connectivity index is 2.18. The second-order valence-electron chi connectivity index (χ2n) is 6.54. The Morgan fingerprint density at radius 1 is 1.10 bits per heavy atom. The Kier molecular flexibility index (Phi) is 5.85. The fourth-order valence-corrected chi connectivity index (χ4v) is 3.23. The Hall–Kier alpha value is -1.30. The van der Waals surface area contributed by atoms with E-state index in [2.05, 4.69) is 25.9 Å². The maximum Gasteiger partial charge on any atom is 0.138 e. The molecular weight excluding hydrogens is 258 g/mol. The second kappa shape index (κ2) is 7.64. The van der Waals surface area contributed by atoms with Gasteiger partial charge in [0, 0.05) is 6.42 Å². The molecule has 2 rings (SSSR count). The van der Waals surface area contributed by atoms with Crippen LogP contribution in [0.1, 0.15) is 44.1 Å². The standard InChI is InChI=1S/C19H27NO/c1-20(2)16-10-9-15-19(21,17-11-5-3-6-12-17)18-13-7-4-8-14-18/h3,5-6,11-12,18,21H,4,7-8,13-16H2,1-2H3/p+1/t19-/m1/s1. The summed E-state index contributed by atoms with van der Waals surface area (Å²) in [4.78, 5) is 1.32. The van der Waals surface area contributed by atoms with Gasteiger partial charge in [0.2, 0.25) is 0 Å². The van der Waals surface area contributed by atoms with Gasteiger partial charge in [-0.3, -0.25) is 0 Å². The van der Waals surface area contributed by atoms with Crippen LogP contribution in [0, 0.1) is 17.8 Å². The molecule has 1 aliphatic carbocycles. The molecule has 0 saturated heterocycles. The summed E-state index contributed by atoms with van der Waals surface area (Å²) in [6.45, 7) is 0.829. The van der Waals surface area contributed by atoms with Crippen molar-refractivity contribution >= 4 is 0 Å². The molecule has 114 valence electrons. The predicted molar refractivity (Wildman–Crippen MR) is 87.0 cm³/mol. The van der Waals surface area contributed by atoms with Gasteiger partial charge in [0.25, 0.3) is 0 Å². The largest absolute Gasteiger partial charge is 0.384 e. The minimum absolute atomic E-state index is 0.342. The maximum atomic E-state index is 11.4. The van der Waals surface area contributed by atoms with E-state index in [4.69, 9.17) is 0 Å². The van der Waals surface area contributed by atoms with Gasteiger partial charge in [0.05, 0.1) is 14.1 Å². The van der Waals surface area contributed by atoms with Crippen LogP contribution in [-0.2, 0) is 5.60 Å². The average Bonchev–Trinajstić information content (AvgIpc) is 2.53. The van der Waals surface area contributed by atoms with Crippen molar-refractivity contribution in [2.75, 3.05) is 20.6 Å². The number of hydrogen-bond acceptors (Lipinski definition) is 1. The molecular formula is C19H28NO+. The molecule has 0 bridgehead atoms. The molecule has 0 aliphatic heterocycles. The van der Waals surface area contributed by atoms with Gasteiger partial charge in [-0.2, -0.15) is 0 Å². The molecule has 0 aromatic heterocycles. The summed E-state index contributed by atoms with van der Waals surface area (Å²) >= 11 is 0. The van der Waals surface area contributed by atoms with Crippen LogP contribution in [0.3, 0.4) is 0 Å². The number of nitrogens with one attached hydrogen (secondary N) is 1. The van der Waals surface area contributed by atoms with E-state index in [-0.39, 0.29) is 0 Å². The van der Waals surface area contributed by atoms with Gasteiger partial charge in [-0.25, -0.2) is 0 Å². The Labute approximate surface area is 129 Å². The third kappa shape index (κ3) is 4.33. The lowest BCUT2D eigenvalue weighted by atomic mass is 9.72. The molecule has 0 heterocycles. The number of benzene rings is 1.